The van der Waals surface area contributed by atoms with Gasteiger partial charge in [-0.3, -0.25) is 4.79 Å². The average Bonchev–Trinajstić information content (AvgIpc) is 2.37. The van der Waals surface area contributed by atoms with Crippen molar-refractivity contribution >= 4 is 11.7 Å². The molecule has 1 aliphatic heterocycles. The van der Waals surface area contributed by atoms with E-state index >= 15 is 0 Å². The zero-order valence-corrected chi connectivity index (χ0v) is 11.6. The number of nitrogens with zero attached hydrogens (tertiary/aromatic N) is 2. The number of carbonyl (C=O) groups excluding carboxylic acids is 1. The van der Waals surface area contributed by atoms with Crippen molar-refractivity contribution in [2.45, 2.75) is 32.7 Å². The van der Waals surface area contributed by atoms with E-state index in [0.717, 1.165) is 30.9 Å². The van der Waals surface area contributed by atoms with Crippen molar-refractivity contribution in [3.63, 3.8) is 0 Å². The molecular formula is C14H22N4O. The summed E-state index contributed by atoms with van der Waals surface area (Å²) in [4.78, 5) is 18.1. The maximum absolute atomic E-state index is 11.3. The Morgan fingerprint density at radius 2 is 2.26 bits per heavy atom. The molecule has 104 valence electrons. The smallest absolute Gasteiger partial charge is 0.248 e. The molecule has 0 radical (unpaired) electrons. The Hall–Kier alpha value is -1.62. The number of rotatable bonds is 3. The molecule has 4 N–H and O–H groups in total. The maximum Gasteiger partial charge on any atom is 0.248 e. The van der Waals surface area contributed by atoms with E-state index in [1.807, 2.05) is 6.92 Å². The van der Waals surface area contributed by atoms with Crippen LogP contribution in [0.5, 0.6) is 0 Å². The standard InChI is InChI=1S/C14H22N4O/c1-9-3-4-18(12(5-9)8-15)13-7-11(14(16)19)6-10(2)17-13/h6-7,9,12H,3-5,8,15H2,1-2H3,(H2,16,19). The van der Waals surface area contributed by atoms with Crippen molar-refractivity contribution in [1.82, 2.24) is 4.98 Å². The van der Waals surface area contributed by atoms with Crippen LogP contribution >= 0.6 is 0 Å². The Bertz CT molecular complexity index is 475. The van der Waals surface area contributed by atoms with E-state index in [2.05, 4.69) is 16.8 Å². The van der Waals surface area contributed by atoms with Gasteiger partial charge in [0.25, 0.3) is 0 Å². The maximum atomic E-state index is 11.3. The molecule has 1 aromatic rings. The number of anilines is 1. The van der Waals surface area contributed by atoms with E-state index in [9.17, 15) is 4.79 Å². The summed E-state index contributed by atoms with van der Waals surface area (Å²) < 4.78 is 0. The van der Waals surface area contributed by atoms with Gasteiger partial charge in [0.05, 0.1) is 0 Å². The van der Waals surface area contributed by atoms with Crippen LogP contribution in [0.3, 0.4) is 0 Å². The highest BCUT2D eigenvalue weighted by Crippen LogP contribution is 2.27. The van der Waals surface area contributed by atoms with E-state index in [0.29, 0.717) is 24.1 Å². The highest BCUT2D eigenvalue weighted by atomic mass is 16.1. The largest absolute Gasteiger partial charge is 0.366 e. The van der Waals surface area contributed by atoms with E-state index in [4.69, 9.17) is 11.5 Å². The Morgan fingerprint density at radius 1 is 1.53 bits per heavy atom. The fraction of sp³-hybridized carbons (Fsp3) is 0.571. The van der Waals surface area contributed by atoms with Crippen molar-refractivity contribution in [3.8, 4) is 0 Å². The van der Waals surface area contributed by atoms with Gasteiger partial charge in [-0.1, -0.05) is 6.92 Å². The molecule has 1 saturated heterocycles. The summed E-state index contributed by atoms with van der Waals surface area (Å²) in [7, 11) is 0. The van der Waals surface area contributed by atoms with Crippen molar-refractivity contribution in [1.29, 1.82) is 0 Å². The lowest BCUT2D eigenvalue weighted by Gasteiger charge is -2.39. The molecule has 5 heteroatoms. The molecular weight excluding hydrogens is 240 g/mol. The number of piperidine rings is 1. The molecule has 0 aliphatic carbocycles. The van der Waals surface area contributed by atoms with E-state index in [1.54, 1.807) is 12.1 Å². The SMILES string of the molecule is Cc1cc(C(N)=O)cc(N2CCC(C)CC2CN)n1. The number of nitrogens with two attached hydrogens (primary N) is 2. The molecule has 0 bridgehead atoms. The van der Waals surface area contributed by atoms with Crippen LogP contribution in [-0.2, 0) is 0 Å². The number of hydrogen-bond acceptors (Lipinski definition) is 4. The molecule has 1 amide bonds. The Balaban J connectivity index is 2.32. The van der Waals surface area contributed by atoms with Gasteiger partial charge in [-0.15, -0.1) is 0 Å². The van der Waals surface area contributed by atoms with Crippen LogP contribution in [0.25, 0.3) is 0 Å². The van der Waals surface area contributed by atoms with Crippen molar-refractivity contribution in [3.05, 3.63) is 23.4 Å². The van der Waals surface area contributed by atoms with E-state index in [-0.39, 0.29) is 0 Å². The van der Waals surface area contributed by atoms with E-state index in [1.165, 1.54) is 0 Å². The first-order chi connectivity index (χ1) is 9.01. The topological polar surface area (TPSA) is 85.2 Å². The summed E-state index contributed by atoms with van der Waals surface area (Å²) >= 11 is 0. The van der Waals surface area contributed by atoms with Gasteiger partial charge in [0.15, 0.2) is 0 Å². The summed E-state index contributed by atoms with van der Waals surface area (Å²) in [5, 5.41) is 0. The number of hydrogen-bond donors (Lipinski definition) is 2. The lowest BCUT2D eigenvalue weighted by Crippen LogP contribution is -2.46. The second kappa shape index (κ2) is 5.57. The van der Waals surface area contributed by atoms with Gasteiger partial charge in [0.2, 0.25) is 5.91 Å². The molecule has 2 atom stereocenters. The summed E-state index contributed by atoms with van der Waals surface area (Å²) in [6.07, 6.45) is 2.19. The Kier molecular flexibility index (Phi) is 4.04. The molecule has 2 rings (SSSR count). The minimum atomic E-state index is -0.415. The Morgan fingerprint density at radius 3 is 2.89 bits per heavy atom. The fourth-order valence-corrected chi connectivity index (χ4v) is 2.72. The molecule has 19 heavy (non-hydrogen) atoms. The summed E-state index contributed by atoms with van der Waals surface area (Å²) in [5.74, 6) is 1.09. The van der Waals surface area contributed by atoms with Gasteiger partial charge in [-0.25, -0.2) is 4.98 Å². The molecule has 0 spiro atoms. The second-order valence-corrected chi connectivity index (χ2v) is 5.43. The van der Waals surface area contributed by atoms with Gasteiger partial charge < -0.3 is 16.4 Å². The molecule has 2 heterocycles. The van der Waals surface area contributed by atoms with Crippen LogP contribution in [0.15, 0.2) is 12.1 Å². The third kappa shape index (κ3) is 3.04. The zero-order valence-electron chi connectivity index (χ0n) is 11.6. The zero-order chi connectivity index (χ0) is 14.0. The number of pyridine rings is 1. The van der Waals surface area contributed by atoms with Gasteiger partial charge in [0.1, 0.15) is 5.82 Å². The Labute approximate surface area is 114 Å². The van der Waals surface area contributed by atoms with Crippen molar-refractivity contribution in [2.24, 2.45) is 17.4 Å². The molecule has 1 aliphatic rings. The molecule has 2 unspecified atom stereocenters. The van der Waals surface area contributed by atoms with Crippen LogP contribution in [-0.4, -0.2) is 30.0 Å². The molecule has 5 nitrogen and oxygen atoms in total. The molecule has 1 fully saturated rings. The average molecular weight is 262 g/mol. The number of carbonyl (C=O) groups is 1. The fourth-order valence-electron chi connectivity index (χ4n) is 2.72. The number of aromatic nitrogens is 1. The minimum Gasteiger partial charge on any atom is -0.366 e. The van der Waals surface area contributed by atoms with Crippen LogP contribution in [0.2, 0.25) is 0 Å². The first-order valence-corrected chi connectivity index (χ1v) is 6.76. The molecule has 1 aromatic heterocycles. The van der Waals surface area contributed by atoms with Crippen LogP contribution in [0.1, 0.15) is 35.8 Å². The summed E-state index contributed by atoms with van der Waals surface area (Å²) in [6, 6.07) is 3.78. The van der Waals surface area contributed by atoms with Gasteiger partial charge >= 0.3 is 0 Å². The third-order valence-electron chi connectivity index (χ3n) is 3.77. The minimum absolute atomic E-state index is 0.291. The van der Waals surface area contributed by atoms with Crippen molar-refractivity contribution < 1.29 is 4.79 Å². The normalized spacial score (nSPS) is 23.4. The highest BCUT2D eigenvalue weighted by molar-refractivity contribution is 5.93. The molecule has 0 saturated carbocycles. The monoisotopic (exact) mass is 262 g/mol. The number of aryl methyl sites for hydroxylation is 1. The first-order valence-electron chi connectivity index (χ1n) is 6.76. The summed E-state index contributed by atoms with van der Waals surface area (Å²) in [5.41, 5.74) is 12.5. The lowest BCUT2D eigenvalue weighted by molar-refractivity contribution is 0.1000. The van der Waals surface area contributed by atoms with Gasteiger partial charge in [-0.2, -0.15) is 0 Å². The predicted octanol–water partition coefficient (Wildman–Crippen LogP) is 1.05. The third-order valence-corrected chi connectivity index (χ3v) is 3.77. The number of amides is 1. The van der Waals surface area contributed by atoms with Crippen LogP contribution in [0, 0.1) is 12.8 Å². The number of primary amides is 1. The highest BCUT2D eigenvalue weighted by Gasteiger charge is 2.26. The van der Waals surface area contributed by atoms with Crippen LogP contribution < -0.4 is 16.4 Å². The molecule has 0 aromatic carbocycles. The quantitative estimate of drug-likeness (QED) is 0.852. The first kappa shape index (κ1) is 13.8. The van der Waals surface area contributed by atoms with E-state index < -0.39 is 5.91 Å². The predicted molar refractivity (Wildman–Crippen MR) is 76.1 cm³/mol. The van der Waals surface area contributed by atoms with Gasteiger partial charge in [-0.05, 0) is 37.8 Å². The lowest BCUT2D eigenvalue weighted by atomic mass is 9.92. The van der Waals surface area contributed by atoms with Gasteiger partial charge in [0, 0.05) is 30.4 Å². The summed E-state index contributed by atoms with van der Waals surface area (Å²) in [6.45, 7) is 5.65. The van der Waals surface area contributed by atoms with Crippen molar-refractivity contribution in [2.75, 3.05) is 18.0 Å². The second-order valence-electron chi connectivity index (χ2n) is 5.43. The van der Waals surface area contributed by atoms with Crippen LogP contribution in [0.4, 0.5) is 5.82 Å².